The van der Waals surface area contributed by atoms with Gasteiger partial charge in [-0.05, 0) is 17.4 Å². The van der Waals surface area contributed by atoms with Crippen molar-refractivity contribution in [1.82, 2.24) is 9.59 Å². The van der Waals surface area contributed by atoms with Crippen molar-refractivity contribution in [2.75, 3.05) is 5.32 Å². The fourth-order valence-corrected chi connectivity index (χ4v) is 2.82. The lowest BCUT2D eigenvalue weighted by atomic mass is 10.0. The summed E-state index contributed by atoms with van der Waals surface area (Å²) in [6.07, 6.45) is 1.77. The number of rotatable bonds is 4. The number of hydrogen-bond donors (Lipinski definition) is 1. The third kappa shape index (κ3) is 2.54. The molecule has 0 aliphatic carbocycles. The third-order valence-electron chi connectivity index (χ3n) is 2.18. The van der Waals surface area contributed by atoms with E-state index >= 15 is 0 Å². The number of hydrogen-bond acceptors (Lipinski definition) is 5. The quantitative estimate of drug-likeness (QED) is 0.888. The normalized spacial score (nSPS) is 13.0. The van der Waals surface area contributed by atoms with Crippen LogP contribution in [0.4, 0.5) is 5.00 Å². The molecular formula is C10H13N3S2. The Bertz CT molecular complexity index is 381. The molecule has 2 heterocycles. The Morgan fingerprint density at radius 2 is 2.27 bits per heavy atom. The molecule has 0 bridgehead atoms. The van der Waals surface area contributed by atoms with Gasteiger partial charge in [0.1, 0.15) is 5.00 Å². The topological polar surface area (TPSA) is 37.8 Å². The van der Waals surface area contributed by atoms with Crippen molar-refractivity contribution in [3.8, 4) is 0 Å². The summed E-state index contributed by atoms with van der Waals surface area (Å²) in [5, 5.41) is 10.4. The van der Waals surface area contributed by atoms with Gasteiger partial charge in [0, 0.05) is 16.4 Å². The molecule has 0 saturated carbocycles. The van der Waals surface area contributed by atoms with Crippen molar-refractivity contribution in [2.45, 2.75) is 19.9 Å². The van der Waals surface area contributed by atoms with Crippen LogP contribution in [0.15, 0.2) is 23.7 Å². The highest BCUT2D eigenvalue weighted by Gasteiger charge is 2.17. The lowest BCUT2D eigenvalue weighted by Gasteiger charge is -2.20. The first-order valence-electron chi connectivity index (χ1n) is 4.84. The van der Waals surface area contributed by atoms with Gasteiger partial charge >= 0.3 is 0 Å². The van der Waals surface area contributed by atoms with Crippen molar-refractivity contribution >= 4 is 27.9 Å². The highest BCUT2D eigenvalue weighted by Crippen LogP contribution is 2.30. The smallest absolute Gasteiger partial charge is 0.130 e. The number of anilines is 1. The predicted octanol–water partition coefficient (Wildman–Crippen LogP) is 3.41. The van der Waals surface area contributed by atoms with Crippen molar-refractivity contribution in [3.63, 3.8) is 0 Å². The molecule has 0 aliphatic rings. The first kappa shape index (κ1) is 10.6. The molecule has 3 nitrogen and oxygen atoms in total. The molecule has 80 valence electrons. The van der Waals surface area contributed by atoms with Crippen LogP contribution < -0.4 is 5.32 Å². The minimum Gasteiger partial charge on any atom is -0.366 e. The van der Waals surface area contributed by atoms with Gasteiger partial charge in [-0.15, -0.1) is 16.4 Å². The summed E-state index contributed by atoms with van der Waals surface area (Å²) in [5.41, 5.74) is 0. The van der Waals surface area contributed by atoms with Crippen molar-refractivity contribution in [1.29, 1.82) is 0 Å². The average molecular weight is 239 g/mol. The zero-order valence-electron chi connectivity index (χ0n) is 8.68. The summed E-state index contributed by atoms with van der Waals surface area (Å²) >= 11 is 3.18. The first-order chi connectivity index (χ1) is 7.27. The predicted molar refractivity (Wildman–Crippen MR) is 65.4 cm³/mol. The maximum atomic E-state index is 3.85. The van der Waals surface area contributed by atoms with Gasteiger partial charge in [0.15, 0.2) is 0 Å². The molecule has 0 spiro atoms. The zero-order chi connectivity index (χ0) is 10.7. The van der Waals surface area contributed by atoms with Gasteiger partial charge in [-0.25, -0.2) is 0 Å². The summed E-state index contributed by atoms with van der Waals surface area (Å²) in [5.74, 6) is 0.547. The van der Waals surface area contributed by atoms with Crippen LogP contribution in [0.3, 0.4) is 0 Å². The lowest BCUT2D eigenvalue weighted by Crippen LogP contribution is -2.14. The highest BCUT2D eigenvalue weighted by atomic mass is 32.1. The summed E-state index contributed by atoms with van der Waals surface area (Å²) in [6, 6.07) is 4.60. The number of nitrogens with one attached hydrogen (secondary N) is 1. The number of aromatic nitrogens is 2. The maximum absolute atomic E-state index is 3.85. The second-order valence-electron chi connectivity index (χ2n) is 3.66. The van der Waals surface area contributed by atoms with Crippen LogP contribution >= 0.6 is 22.9 Å². The Labute approximate surface area is 97.3 Å². The van der Waals surface area contributed by atoms with Crippen LogP contribution in [0.1, 0.15) is 24.8 Å². The Kier molecular flexibility index (Phi) is 3.33. The van der Waals surface area contributed by atoms with Gasteiger partial charge in [0.2, 0.25) is 0 Å². The van der Waals surface area contributed by atoms with E-state index in [1.807, 2.05) is 0 Å². The number of nitrogens with zero attached hydrogens (tertiary/aromatic N) is 2. The van der Waals surface area contributed by atoms with E-state index in [9.17, 15) is 0 Å². The van der Waals surface area contributed by atoms with Gasteiger partial charge < -0.3 is 5.32 Å². The van der Waals surface area contributed by atoms with Crippen LogP contribution in [-0.2, 0) is 0 Å². The van der Waals surface area contributed by atoms with E-state index in [2.05, 4.69) is 46.3 Å². The molecule has 1 unspecified atom stereocenters. The van der Waals surface area contributed by atoms with Crippen LogP contribution in [0, 0.1) is 5.92 Å². The highest BCUT2D eigenvalue weighted by molar-refractivity contribution is 7.10. The van der Waals surface area contributed by atoms with Gasteiger partial charge in [-0.3, -0.25) is 0 Å². The molecule has 0 radical (unpaired) electrons. The molecule has 0 amide bonds. The van der Waals surface area contributed by atoms with E-state index in [0.29, 0.717) is 12.0 Å². The van der Waals surface area contributed by atoms with Crippen molar-refractivity contribution in [2.24, 2.45) is 5.92 Å². The summed E-state index contributed by atoms with van der Waals surface area (Å²) in [7, 11) is 0. The SMILES string of the molecule is CC(C)C(Nc1cnns1)c1cccs1. The van der Waals surface area contributed by atoms with E-state index in [-0.39, 0.29) is 0 Å². The van der Waals surface area contributed by atoms with Crippen LogP contribution in [0.2, 0.25) is 0 Å². The van der Waals surface area contributed by atoms with Gasteiger partial charge in [-0.1, -0.05) is 24.4 Å². The summed E-state index contributed by atoms with van der Waals surface area (Å²) < 4.78 is 3.85. The molecule has 0 aliphatic heterocycles. The Balaban J connectivity index is 2.14. The fraction of sp³-hybridized carbons (Fsp3) is 0.400. The van der Waals surface area contributed by atoms with E-state index in [1.54, 1.807) is 17.5 Å². The van der Waals surface area contributed by atoms with Gasteiger partial charge in [0.25, 0.3) is 0 Å². The van der Waals surface area contributed by atoms with E-state index < -0.39 is 0 Å². The summed E-state index contributed by atoms with van der Waals surface area (Å²) in [6.45, 7) is 4.43. The molecule has 0 aromatic carbocycles. The standard InChI is InChI=1S/C10H13N3S2/c1-7(2)10(8-4-3-5-14-8)12-9-6-11-13-15-9/h3-7,10,12H,1-2H3. The molecule has 0 fully saturated rings. The fourth-order valence-electron chi connectivity index (χ4n) is 1.42. The van der Waals surface area contributed by atoms with Gasteiger partial charge in [-0.2, -0.15) is 0 Å². The Hall–Kier alpha value is -0.940. The third-order valence-corrected chi connectivity index (χ3v) is 3.73. The van der Waals surface area contributed by atoms with Gasteiger partial charge in [0.05, 0.1) is 12.2 Å². The van der Waals surface area contributed by atoms with Crippen molar-refractivity contribution in [3.05, 3.63) is 28.6 Å². The second-order valence-corrected chi connectivity index (χ2v) is 5.43. The minimum atomic E-state index is 0.354. The molecule has 1 atom stereocenters. The Morgan fingerprint density at radius 3 is 2.80 bits per heavy atom. The molecular weight excluding hydrogens is 226 g/mol. The van der Waals surface area contributed by atoms with Crippen LogP contribution in [0.5, 0.6) is 0 Å². The van der Waals surface area contributed by atoms with Crippen LogP contribution in [-0.4, -0.2) is 9.59 Å². The molecule has 2 rings (SSSR count). The lowest BCUT2D eigenvalue weighted by molar-refractivity contribution is 0.555. The molecule has 0 saturated heterocycles. The largest absolute Gasteiger partial charge is 0.366 e. The molecule has 5 heteroatoms. The van der Waals surface area contributed by atoms with E-state index in [1.165, 1.54) is 16.4 Å². The molecule has 1 N–H and O–H groups in total. The zero-order valence-corrected chi connectivity index (χ0v) is 10.3. The maximum Gasteiger partial charge on any atom is 0.130 e. The molecule has 2 aromatic rings. The first-order valence-corrected chi connectivity index (χ1v) is 6.50. The monoisotopic (exact) mass is 239 g/mol. The van der Waals surface area contributed by atoms with E-state index in [0.717, 1.165) is 5.00 Å². The molecule has 15 heavy (non-hydrogen) atoms. The van der Waals surface area contributed by atoms with Crippen molar-refractivity contribution < 1.29 is 0 Å². The Morgan fingerprint density at radius 1 is 1.40 bits per heavy atom. The average Bonchev–Trinajstić information content (AvgIpc) is 2.87. The minimum absolute atomic E-state index is 0.354. The molecule has 2 aromatic heterocycles. The van der Waals surface area contributed by atoms with Crippen LogP contribution in [0.25, 0.3) is 0 Å². The number of thiophene rings is 1. The van der Waals surface area contributed by atoms with E-state index in [4.69, 9.17) is 0 Å². The second kappa shape index (κ2) is 4.72. The summed E-state index contributed by atoms with van der Waals surface area (Å²) in [4.78, 5) is 1.36.